The number of fused-ring (bicyclic) bond motifs is 1. The number of hydrogen-bond donors (Lipinski definition) is 1. The van der Waals surface area contributed by atoms with Crippen LogP contribution < -0.4 is 9.88 Å². The predicted molar refractivity (Wildman–Crippen MR) is 146 cm³/mol. The molecule has 39 heavy (non-hydrogen) atoms. The summed E-state index contributed by atoms with van der Waals surface area (Å²) in [5, 5.41) is 19.7. The summed E-state index contributed by atoms with van der Waals surface area (Å²) >= 11 is 5.89. The van der Waals surface area contributed by atoms with Crippen LogP contribution in [0.3, 0.4) is 0 Å². The van der Waals surface area contributed by atoms with Gasteiger partial charge in [-0.15, -0.1) is 0 Å². The number of sulfonamides is 1. The van der Waals surface area contributed by atoms with Gasteiger partial charge in [0.2, 0.25) is 5.03 Å². The van der Waals surface area contributed by atoms with Gasteiger partial charge in [0.15, 0.2) is 5.75 Å². The van der Waals surface area contributed by atoms with Crippen LogP contribution in [0.1, 0.15) is 29.8 Å². The normalized spacial score (nSPS) is 12.3. The molecular weight excluding hydrogens is 538 g/mol. The zero-order valence-corrected chi connectivity index (χ0v) is 22.7. The minimum absolute atomic E-state index is 0.0268. The van der Waals surface area contributed by atoms with Crippen molar-refractivity contribution in [2.45, 2.75) is 25.0 Å². The predicted octanol–water partition coefficient (Wildman–Crippen LogP) is 4.71. The molecule has 0 aliphatic carbocycles. The number of ether oxygens (including phenoxy) is 1. The van der Waals surface area contributed by atoms with Crippen molar-refractivity contribution < 1.29 is 13.2 Å². The number of hydrogen-bond acceptors (Lipinski definition) is 8. The van der Waals surface area contributed by atoms with Crippen LogP contribution in [0.25, 0.3) is 33.3 Å². The minimum Gasteiger partial charge on any atom is -0.483 e. The van der Waals surface area contributed by atoms with E-state index in [1.54, 1.807) is 24.0 Å². The molecule has 1 aromatic carbocycles. The fraction of sp³-hybridized carbons (Fsp3) is 0.148. The van der Waals surface area contributed by atoms with Crippen LogP contribution in [-0.4, -0.2) is 33.2 Å². The molecule has 0 bridgehead atoms. The number of halogens is 1. The van der Waals surface area contributed by atoms with Crippen molar-refractivity contribution in [2.24, 2.45) is 12.2 Å². The molecule has 0 radical (unpaired) electrons. The summed E-state index contributed by atoms with van der Waals surface area (Å²) in [6.45, 7) is 3.68. The van der Waals surface area contributed by atoms with Crippen LogP contribution in [0.15, 0.2) is 66.1 Å². The van der Waals surface area contributed by atoms with Gasteiger partial charge in [0, 0.05) is 47.1 Å². The first-order chi connectivity index (χ1) is 18.5. The number of nitrogens with zero attached hydrogens (tertiary/aromatic N) is 6. The highest BCUT2D eigenvalue weighted by Gasteiger charge is 2.22. The molecule has 2 N–H and O–H groups in total. The van der Waals surface area contributed by atoms with Gasteiger partial charge in [0.1, 0.15) is 23.0 Å². The van der Waals surface area contributed by atoms with Crippen LogP contribution in [0, 0.1) is 18.3 Å². The molecular formula is C27H22ClN7O3S. The van der Waals surface area contributed by atoms with E-state index in [1.807, 2.05) is 50.5 Å². The second-order valence-electron chi connectivity index (χ2n) is 8.99. The Morgan fingerprint density at radius 2 is 1.90 bits per heavy atom. The first kappa shape index (κ1) is 26.2. The van der Waals surface area contributed by atoms with Crippen LogP contribution in [0.5, 0.6) is 5.75 Å². The molecule has 0 amide bonds. The summed E-state index contributed by atoms with van der Waals surface area (Å²) in [4.78, 5) is 13.0. The molecule has 196 valence electrons. The fourth-order valence-electron chi connectivity index (χ4n) is 4.32. The fourth-order valence-corrected chi connectivity index (χ4v) is 5.14. The lowest BCUT2D eigenvalue weighted by Crippen LogP contribution is -2.17. The monoisotopic (exact) mass is 559 g/mol. The molecule has 5 rings (SSSR count). The molecule has 5 aromatic rings. The van der Waals surface area contributed by atoms with Crippen LogP contribution in [-0.2, 0) is 17.1 Å². The highest BCUT2D eigenvalue weighted by Crippen LogP contribution is 2.35. The van der Waals surface area contributed by atoms with Crippen molar-refractivity contribution >= 4 is 32.5 Å². The van der Waals surface area contributed by atoms with Gasteiger partial charge >= 0.3 is 0 Å². The van der Waals surface area contributed by atoms with Gasteiger partial charge in [-0.2, -0.15) is 10.4 Å². The summed E-state index contributed by atoms with van der Waals surface area (Å²) < 4.78 is 32.0. The molecule has 0 fully saturated rings. The summed E-state index contributed by atoms with van der Waals surface area (Å²) in [6.07, 6.45) is 4.66. The number of nitrogens with two attached hydrogens (primary N) is 1. The average molecular weight is 560 g/mol. The average Bonchev–Trinajstić information content (AvgIpc) is 3.34. The van der Waals surface area contributed by atoms with E-state index in [1.165, 1.54) is 12.1 Å². The van der Waals surface area contributed by atoms with Crippen molar-refractivity contribution in [1.29, 1.82) is 5.26 Å². The second-order valence-corrected chi connectivity index (χ2v) is 10.9. The SMILES string of the molecule is Cc1cc([C@H](C)Oc2ccc(Cl)nc2S(N)(=O)=O)c2cc(-c3ccc(-c4cnn(C)c4)nc3)c(C#N)nc2c1. The lowest BCUT2D eigenvalue weighted by atomic mass is 9.96. The maximum atomic E-state index is 12.1. The molecule has 0 saturated carbocycles. The topological polar surface area (TPSA) is 150 Å². The van der Waals surface area contributed by atoms with Crippen LogP contribution >= 0.6 is 11.6 Å². The van der Waals surface area contributed by atoms with Crippen LogP contribution in [0.2, 0.25) is 5.15 Å². The molecule has 1 atom stereocenters. The summed E-state index contributed by atoms with van der Waals surface area (Å²) in [7, 11) is -2.36. The maximum absolute atomic E-state index is 12.1. The minimum atomic E-state index is -4.19. The third kappa shape index (κ3) is 5.31. The Labute approximate surface area is 229 Å². The van der Waals surface area contributed by atoms with Crippen molar-refractivity contribution in [1.82, 2.24) is 24.7 Å². The van der Waals surface area contributed by atoms with Crippen molar-refractivity contribution in [2.75, 3.05) is 0 Å². The van der Waals surface area contributed by atoms with E-state index in [0.29, 0.717) is 16.6 Å². The number of rotatable bonds is 6. The number of aromatic nitrogens is 5. The molecule has 0 unspecified atom stereocenters. The van der Waals surface area contributed by atoms with E-state index >= 15 is 0 Å². The quantitative estimate of drug-likeness (QED) is 0.294. The van der Waals surface area contributed by atoms with Crippen molar-refractivity contribution in [3.8, 4) is 34.2 Å². The summed E-state index contributed by atoms with van der Waals surface area (Å²) in [5.74, 6) is -0.0268. The molecule has 4 aromatic heterocycles. The maximum Gasteiger partial charge on any atom is 0.259 e. The van der Waals surface area contributed by atoms with Gasteiger partial charge in [-0.1, -0.05) is 23.7 Å². The van der Waals surface area contributed by atoms with E-state index in [0.717, 1.165) is 27.8 Å². The highest BCUT2D eigenvalue weighted by atomic mass is 35.5. The number of nitriles is 1. The first-order valence-electron chi connectivity index (χ1n) is 11.7. The number of aryl methyl sites for hydroxylation is 2. The van der Waals surface area contributed by atoms with E-state index in [4.69, 9.17) is 21.5 Å². The third-order valence-electron chi connectivity index (χ3n) is 6.09. The zero-order chi connectivity index (χ0) is 27.9. The third-order valence-corrected chi connectivity index (χ3v) is 7.14. The van der Waals surface area contributed by atoms with Crippen LogP contribution in [0.4, 0.5) is 0 Å². The van der Waals surface area contributed by atoms with E-state index in [2.05, 4.69) is 26.1 Å². The summed E-state index contributed by atoms with van der Waals surface area (Å²) in [6, 6.07) is 14.4. The van der Waals surface area contributed by atoms with Gasteiger partial charge in [-0.05, 0) is 49.7 Å². The number of benzene rings is 1. The Hall–Kier alpha value is -4.37. The number of primary sulfonamides is 1. The zero-order valence-electron chi connectivity index (χ0n) is 21.1. The number of pyridine rings is 3. The van der Waals surface area contributed by atoms with Gasteiger partial charge in [-0.25, -0.2) is 23.5 Å². The lowest BCUT2D eigenvalue weighted by molar-refractivity contribution is 0.220. The van der Waals surface area contributed by atoms with E-state index in [-0.39, 0.29) is 16.6 Å². The Morgan fingerprint density at radius 3 is 2.54 bits per heavy atom. The molecule has 4 heterocycles. The molecule has 12 heteroatoms. The Kier molecular flexibility index (Phi) is 6.78. The van der Waals surface area contributed by atoms with Gasteiger partial charge in [0.25, 0.3) is 10.0 Å². The highest BCUT2D eigenvalue weighted by molar-refractivity contribution is 7.89. The first-order valence-corrected chi connectivity index (χ1v) is 13.6. The molecule has 0 spiro atoms. The molecule has 0 aliphatic rings. The Balaban J connectivity index is 1.60. The van der Waals surface area contributed by atoms with Gasteiger partial charge in [0.05, 0.1) is 17.4 Å². The second kappa shape index (κ2) is 10.1. The Bertz CT molecular complexity index is 1880. The van der Waals surface area contributed by atoms with E-state index < -0.39 is 21.2 Å². The van der Waals surface area contributed by atoms with Crippen molar-refractivity contribution in [3.05, 3.63) is 83.0 Å². The Morgan fingerprint density at radius 1 is 1.10 bits per heavy atom. The van der Waals surface area contributed by atoms with Gasteiger partial charge in [-0.3, -0.25) is 9.67 Å². The largest absolute Gasteiger partial charge is 0.483 e. The molecule has 0 aliphatic heterocycles. The smallest absolute Gasteiger partial charge is 0.259 e. The molecule has 10 nitrogen and oxygen atoms in total. The van der Waals surface area contributed by atoms with Crippen molar-refractivity contribution in [3.63, 3.8) is 0 Å². The molecule has 0 saturated heterocycles. The van der Waals surface area contributed by atoms with Gasteiger partial charge < -0.3 is 4.74 Å². The summed E-state index contributed by atoms with van der Waals surface area (Å²) in [5.41, 5.74) is 5.42. The van der Waals surface area contributed by atoms with E-state index in [9.17, 15) is 13.7 Å². The lowest BCUT2D eigenvalue weighted by Gasteiger charge is -2.19. The standard InChI is InChI=1S/C27H22ClN7O3S/c1-15-8-19(16(2)38-25-6-7-26(28)34-27(25)39(30,36)37)21-10-20(24(11-29)33-23(21)9-15)17-4-5-22(31-12-17)18-13-32-35(3)14-18/h4-10,12-14,16H,1-3H3,(H2,30,36,37)/t16-/m0/s1.